The molecule has 0 fully saturated rings. The van der Waals surface area contributed by atoms with Crippen LogP contribution in [0, 0.1) is 6.92 Å². The number of nitrogens with one attached hydrogen (secondary N) is 2. The maximum absolute atomic E-state index is 11.9. The SMILES string of the molecule is Cc1ccc(NC(=O)Nc2ccc(Cl)c(Br)c2)cc1Cl. The quantitative estimate of drug-likeness (QED) is 0.695. The van der Waals surface area contributed by atoms with Gasteiger partial charge in [0.1, 0.15) is 0 Å². The van der Waals surface area contributed by atoms with E-state index in [-0.39, 0.29) is 6.03 Å². The van der Waals surface area contributed by atoms with Crippen molar-refractivity contribution in [3.8, 4) is 0 Å². The van der Waals surface area contributed by atoms with Crippen LogP contribution < -0.4 is 10.6 Å². The first-order valence-corrected chi connectivity index (χ1v) is 7.30. The summed E-state index contributed by atoms with van der Waals surface area (Å²) < 4.78 is 0.718. The van der Waals surface area contributed by atoms with Gasteiger partial charge in [-0.15, -0.1) is 0 Å². The molecule has 2 amide bonds. The van der Waals surface area contributed by atoms with Gasteiger partial charge in [-0.2, -0.15) is 0 Å². The molecule has 0 aliphatic heterocycles. The van der Waals surface area contributed by atoms with Gasteiger partial charge >= 0.3 is 6.03 Å². The lowest BCUT2D eigenvalue weighted by atomic mass is 10.2. The molecule has 0 atom stereocenters. The summed E-state index contributed by atoms with van der Waals surface area (Å²) in [4.78, 5) is 11.9. The third-order valence-electron chi connectivity index (χ3n) is 2.61. The lowest BCUT2D eigenvalue weighted by Gasteiger charge is -2.09. The molecule has 3 nitrogen and oxygen atoms in total. The smallest absolute Gasteiger partial charge is 0.308 e. The van der Waals surface area contributed by atoms with Crippen molar-refractivity contribution in [1.29, 1.82) is 0 Å². The van der Waals surface area contributed by atoms with E-state index in [1.165, 1.54) is 0 Å². The van der Waals surface area contributed by atoms with Crippen molar-refractivity contribution in [2.75, 3.05) is 10.6 Å². The van der Waals surface area contributed by atoms with E-state index in [0.717, 1.165) is 10.0 Å². The van der Waals surface area contributed by atoms with Crippen molar-refractivity contribution in [2.24, 2.45) is 0 Å². The summed E-state index contributed by atoms with van der Waals surface area (Å²) in [7, 11) is 0. The van der Waals surface area contributed by atoms with Gasteiger partial charge in [0, 0.05) is 20.9 Å². The highest BCUT2D eigenvalue weighted by atomic mass is 79.9. The number of benzene rings is 2. The summed E-state index contributed by atoms with van der Waals surface area (Å²) >= 11 is 15.2. The molecule has 0 saturated heterocycles. The predicted molar refractivity (Wildman–Crippen MR) is 88.0 cm³/mol. The Bertz CT molecular complexity index is 606. The summed E-state index contributed by atoms with van der Waals surface area (Å²) in [5.41, 5.74) is 2.22. The van der Waals surface area contributed by atoms with E-state index < -0.39 is 0 Å². The van der Waals surface area contributed by atoms with Crippen LogP contribution in [0.5, 0.6) is 0 Å². The van der Waals surface area contributed by atoms with Gasteiger partial charge in [-0.3, -0.25) is 0 Å². The van der Waals surface area contributed by atoms with E-state index in [9.17, 15) is 4.79 Å². The number of anilines is 2. The highest BCUT2D eigenvalue weighted by Gasteiger charge is 2.05. The molecule has 6 heteroatoms. The molecule has 2 aromatic rings. The zero-order chi connectivity index (χ0) is 14.7. The molecule has 2 rings (SSSR count). The summed E-state index contributed by atoms with van der Waals surface area (Å²) in [6.07, 6.45) is 0. The first kappa shape index (κ1) is 15.2. The van der Waals surface area contributed by atoms with E-state index in [0.29, 0.717) is 21.4 Å². The van der Waals surface area contributed by atoms with Crippen LogP contribution in [0.1, 0.15) is 5.56 Å². The highest BCUT2D eigenvalue weighted by molar-refractivity contribution is 9.10. The molecular formula is C14H11BrCl2N2O. The fourth-order valence-corrected chi connectivity index (χ4v) is 2.21. The minimum atomic E-state index is -0.348. The first-order valence-electron chi connectivity index (χ1n) is 5.75. The molecule has 104 valence electrons. The Labute approximate surface area is 135 Å². The Morgan fingerprint density at radius 2 is 1.60 bits per heavy atom. The number of halogens is 3. The van der Waals surface area contributed by atoms with Gasteiger partial charge in [0.2, 0.25) is 0 Å². The zero-order valence-corrected chi connectivity index (χ0v) is 13.6. The topological polar surface area (TPSA) is 41.1 Å². The second-order valence-electron chi connectivity index (χ2n) is 4.17. The Morgan fingerprint density at radius 1 is 1.00 bits per heavy atom. The largest absolute Gasteiger partial charge is 0.323 e. The Morgan fingerprint density at radius 3 is 2.20 bits per heavy atom. The Kier molecular flexibility index (Phi) is 4.91. The van der Waals surface area contributed by atoms with Crippen molar-refractivity contribution in [3.63, 3.8) is 0 Å². The molecule has 0 aromatic heterocycles. The fourth-order valence-electron chi connectivity index (χ4n) is 1.54. The van der Waals surface area contributed by atoms with E-state index in [2.05, 4.69) is 26.6 Å². The number of aryl methyl sites for hydroxylation is 1. The van der Waals surface area contributed by atoms with Crippen LogP contribution in [0.15, 0.2) is 40.9 Å². The third-order valence-corrected chi connectivity index (χ3v) is 4.23. The number of amides is 2. The molecule has 0 saturated carbocycles. The second-order valence-corrected chi connectivity index (χ2v) is 5.84. The predicted octanol–water partition coefficient (Wildman–Crippen LogP) is 5.71. The van der Waals surface area contributed by atoms with Crippen LogP contribution in [0.4, 0.5) is 16.2 Å². The summed E-state index contributed by atoms with van der Waals surface area (Å²) in [5, 5.41) is 6.61. The van der Waals surface area contributed by atoms with Gasteiger partial charge in [0.05, 0.1) is 5.02 Å². The molecule has 0 heterocycles. The zero-order valence-electron chi connectivity index (χ0n) is 10.5. The highest BCUT2D eigenvalue weighted by Crippen LogP contribution is 2.26. The van der Waals surface area contributed by atoms with Gasteiger partial charge in [0.15, 0.2) is 0 Å². The third kappa shape index (κ3) is 3.88. The van der Waals surface area contributed by atoms with Crippen molar-refractivity contribution < 1.29 is 4.79 Å². The fraction of sp³-hybridized carbons (Fsp3) is 0.0714. The van der Waals surface area contributed by atoms with Gasteiger partial charge in [0.25, 0.3) is 0 Å². The average molecular weight is 374 g/mol. The molecular weight excluding hydrogens is 363 g/mol. The Balaban J connectivity index is 2.04. The minimum Gasteiger partial charge on any atom is -0.308 e. The summed E-state index contributed by atoms with van der Waals surface area (Å²) in [5.74, 6) is 0. The van der Waals surface area contributed by atoms with Crippen LogP contribution in [-0.4, -0.2) is 6.03 Å². The number of hydrogen-bond donors (Lipinski definition) is 2. The molecule has 0 spiro atoms. The van der Waals surface area contributed by atoms with Gasteiger partial charge in [-0.1, -0.05) is 29.3 Å². The van der Waals surface area contributed by atoms with Crippen LogP contribution in [-0.2, 0) is 0 Å². The van der Waals surface area contributed by atoms with Crippen LogP contribution in [0.2, 0.25) is 10.0 Å². The monoisotopic (exact) mass is 372 g/mol. The standard InChI is InChI=1S/C14H11BrCl2N2O/c1-8-2-3-10(7-13(8)17)19-14(20)18-9-4-5-12(16)11(15)6-9/h2-7H,1H3,(H2,18,19,20). The molecule has 0 radical (unpaired) electrons. The van der Waals surface area contributed by atoms with Crippen molar-refractivity contribution in [3.05, 3.63) is 56.5 Å². The van der Waals surface area contributed by atoms with Crippen LogP contribution >= 0.6 is 39.1 Å². The molecule has 0 aliphatic rings. The van der Waals surface area contributed by atoms with Gasteiger partial charge < -0.3 is 10.6 Å². The summed E-state index contributed by atoms with van der Waals surface area (Å²) in [6, 6.07) is 10.1. The average Bonchev–Trinajstić information content (AvgIpc) is 2.38. The molecule has 0 bridgehead atoms. The maximum atomic E-state index is 11.9. The minimum absolute atomic E-state index is 0.348. The lowest BCUT2D eigenvalue weighted by molar-refractivity contribution is 0.262. The number of hydrogen-bond acceptors (Lipinski definition) is 1. The van der Waals surface area contributed by atoms with Gasteiger partial charge in [-0.05, 0) is 58.7 Å². The van der Waals surface area contributed by atoms with Crippen LogP contribution in [0.3, 0.4) is 0 Å². The van der Waals surface area contributed by atoms with Crippen molar-refractivity contribution in [2.45, 2.75) is 6.92 Å². The van der Waals surface area contributed by atoms with E-state index in [1.807, 2.05) is 13.0 Å². The van der Waals surface area contributed by atoms with E-state index in [4.69, 9.17) is 23.2 Å². The lowest BCUT2D eigenvalue weighted by Crippen LogP contribution is -2.19. The normalized spacial score (nSPS) is 10.2. The molecule has 0 aliphatic carbocycles. The molecule has 2 N–H and O–H groups in total. The van der Waals surface area contributed by atoms with Crippen molar-refractivity contribution >= 4 is 56.5 Å². The van der Waals surface area contributed by atoms with Gasteiger partial charge in [-0.25, -0.2) is 4.79 Å². The maximum Gasteiger partial charge on any atom is 0.323 e. The van der Waals surface area contributed by atoms with E-state index in [1.54, 1.807) is 30.3 Å². The molecule has 2 aromatic carbocycles. The molecule has 0 unspecified atom stereocenters. The number of carbonyl (C=O) groups is 1. The second kappa shape index (κ2) is 6.48. The number of rotatable bonds is 2. The number of carbonyl (C=O) groups excluding carboxylic acids is 1. The van der Waals surface area contributed by atoms with Crippen molar-refractivity contribution in [1.82, 2.24) is 0 Å². The number of urea groups is 1. The first-order chi connectivity index (χ1) is 9.45. The van der Waals surface area contributed by atoms with Crippen LogP contribution in [0.25, 0.3) is 0 Å². The Hall–Kier alpha value is -1.23. The molecule has 20 heavy (non-hydrogen) atoms. The summed E-state index contributed by atoms with van der Waals surface area (Å²) in [6.45, 7) is 1.90. The van der Waals surface area contributed by atoms with E-state index >= 15 is 0 Å².